The van der Waals surface area contributed by atoms with E-state index in [1.54, 1.807) is 6.55 Å². The van der Waals surface area contributed by atoms with Crippen molar-refractivity contribution in [1.29, 1.82) is 0 Å². The Morgan fingerprint density at radius 2 is 0.952 bits per heavy atom. The summed E-state index contributed by atoms with van der Waals surface area (Å²) in [6.45, 7) is 16.3. The fraction of sp³-hybridized carbons (Fsp3) is 0.444. The number of fused-ring (bicyclic) bond motifs is 2. The topological polar surface area (TPSA) is 0 Å². The van der Waals surface area contributed by atoms with Crippen molar-refractivity contribution in [1.82, 2.24) is 0 Å². The van der Waals surface area contributed by atoms with E-state index in [1.165, 1.54) is 142 Å². The van der Waals surface area contributed by atoms with Crippen molar-refractivity contribution >= 4 is 74.6 Å². The molecule has 8 rings (SSSR count). The Labute approximate surface area is 401 Å². The van der Waals surface area contributed by atoms with E-state index < -0.39 is 49.6 Å². The first-order valence-corrected chi connectivity index (χ1v) is 38.3. The first kappa shape index (κ1) is 52.0. The average molecular weight is 1020 g/mol. The second-order valence-corrected chi connectivity index (χ2v) is 35.0. The molecule has 0 aromatic heterocycles. The van der Waals surface area contributed by atoms with Gasteiger partial charge in [-0.2, -0.15) is 25.3 Å². The Balaban J connectivity index is 0.000000193. The van der Waals surface area contributed by atoms with Gasteiger partial charge in [0.2, 0.25) is 0 Å². The molecule has 0 aliphatic heterocycles. The van der Waals surface area contributed by atoms with Crippen LogP contribution in [0.25, 0.3) is 43.8 Å². The van der Waals surface area contributed by atoms with Crippen LogP contribution >= 0.6 is 17.0 Å². The van der Waals surface area contributed by atoms with Gasteiger partial charge in [0.25, 0.3) is 0 Å². The second kappa shape index (κ2) is 24.7. The Bertz CT molecular complexity index is 2100. The van der Waals surface area contributed by atoms with Gasteiger partial charge in [0, 0.05) is 15.9 Å². The summed E-state index contributed by atoms with van der Waals surface area (Å²) in [6, 6.07) is 42.4. The van der Waals surface area contributed by atoms with Crippen molar-refractivity contribution in [2.45, 2.75) is 142 Å². The van der Waals surface area contributed by atoms with Crippen LogP contribution in [0.5, 0.6) is 0 Å². The first-order valence-electron chi connectivity index (χ1n) is 23.2. The molecule has 6 aromatic carbocycles. The van der Waals surface area contributed by atoms with E-state index in [0.717, 1.165) is 11.8 Å². The minimum atomic E-state index is -3.94. The van der Waals surface area contributed by atoms with Crippen LogP contribution in [-0.2, 0) is 33.7 Å². The second-order valence-electron chi connectivity index (χ2n) is 20.0. The van der Waals surface area contributed by atoms with Gasteiger partial charge in [-0.25, -0.2) is 0 Å². The quantitative estimate of drug-likeness (QED) is 0.0948. The van der Waals surface area contributed by atoms with Gasteiger partial charge in [-0.15, -0.1) is 69.1 Å². The zero-order valence-corrected chi connectivity index (χ0v) is 45.8. The zero-order chi connectivity index (χ0) is 45.6. The predicted octanol–water partition coefficient (Wildman–Crippen LogP) is 17.3. The number of rotatable bonds is 10. The van der Waals surface area contributed by atoms with Crippen molar-refractivity contribution < 1.29 is 34.0 Å². The predicted molar refractivity (Wildman–Crippen MR) is 275 cm³/mol. The van der Waals surface area contributed by atoms with Crippen LogP contribution in [0.15, 0.2) is 109 Å². The summed E-state index contributed by atoms with van der Waals surface area (Å²) in [6.07, 6.45) is 12.3. The summed E-state index contributed by atoms with van der Waals surface area (Å²) in [5.41, 5.74) is 8.56. The molecular weight excluding hydrogens is 952 g/mol. The van der Waals surface area contributed by atoms with E-state index >= 15 is 0 Å². The Hall–Kier alpha value is -2.00. The van der Waals surface area contributed by atoms with Crippen molar-refractivity contribution in [3.63, 3.8) is 0 Å². The molecule has 0 heterocycles. The summed E-state index contributed by atoms with van der Waals surface area (Å²) in [4.78, 5) is 0. The molecule has 63 heavy (non-hydrogen) atoms. The molecular formula is C54H69Cl2F3Si3Zr. The van der Waals surface area contributed by atoms with Gasteiger partial charge >= 0.3 is 44.1 Å². The fourth-order valence-corrected chi connectivity index (χ4v) is 12.2. The number of hydrogen-bond acceptors (Lipinski definition) is 0. The van der Waals surface area contributed by atoms with Gasteiger partial charge in [-0.05, 0) is 35.8 Å². The molecule has 0 unspecified atom stereocenters. The molecule has 2 aliphatic rings. The third kappa shape index (κ3) is 16.4. The molecule has 2 fully saturated rings. The van der Waals surface area contributed by atoms with Crippen LogP contribution in [0, 0.1) is 11.8 Å². The van der Waals surface area contributed by atoms with E-state index in [4.69, 9.17) is 17.0 Å². The Kier molecular flexibility index (Phi) is 20.4. The van der Waals surface area contributed by atoms with Crippen molar-refractivity contribution in [3.05, 3.63) is 120 Å². The van der Waals surface area contributed by atoms with Crippen LogP contribution < -0.4 is 10.4 Å². The minimum absolute atomic E-state index is 0.281. The SMILES string of the molecule is C[Si](C)(C)c1ccc(-c2cccc3[cH-]c(CC4CCCCC4)cc23)cc1.C[Si](C)(C)c1ccc(-c2cccc3[cH-]c(CC4CCCCC4)cc23)cc1.C[Si]CCC(F)(F)F.[Cl][Zr+2][Cl]. The third-order valence-electron chi connectivity index (χ3n) is 12.9. The molecule has 0 nitrogen and oxygen atoms in total. The van der Waals surface area contributed by atoms with Crippen LogP contribution in [0.3, 0.4) is 0 Å². The normalized spacial score (nSPS) is 15.1. The standard InChI is InChI=1S/2C25H31Si.C4H7F3Si.2ClH.Zr/c2*1-26(2,3)23-14-12-21(13-15-23)24-11-7-10-22-17-20(18-25(22)24)16-19-8-5-4-6-9-19;1-8-3-2-4(5,6)7;;;/h2*7,10-15,17-19H,4-6,8-9,16H2,1-3H3;2-3H2,1H3;2*1H;/q2*-1;;;;+4/p-2. The van der Waals surface area contributed by atoms with Gasteiger partial charge in [-0.3, -0.25) is 0 Å². The van der Waals surface area contributed by atoms with Crippen molar-refractivity contribution in [2.75, 3.05) is 0 Å². The maximum atomic E-state index is 11.2. The van der Waals surface area contributed by atoms with Crippen LogP contribution in [0.4, 0.5) is 13.2 Å². The van der Waals surface area contributed by atoms with Gasteiger partial charge in [0.05, 0.1) is 16.1 Å². The molecule has 2 saturated carbocycles. The van der Waals surface area contributed by atoms with Crippen LogP contribution in [-0.4, -0.2) is 31.8 Å². The first-order chi connectivity index (χ1) is 30.0. The molecule has 0 bridgehead atoms. The van der Waals surface area contributed by atoms with Crippen LogP contribution in [0.2, 0.25) is 51.9 Å². The molecule has 2 aliphatic carbocycles. The molecule has 6 aromatic rings. The van der Waals surface area contributed by atoms with E-state index in [0.29, 0.717) is 9.52 Å². The molecule has 0 spiro atoms. The van der Waals surface area contributed by atoms with Gasteiger partial charge < -0.3 is 0 Å². The van der Waals surface area contributed by atoms with E-state index in [1.807, 2.05) is 0 Å². The molecule has 0 amide bonds. The number of halogens is 5. The average Bonchev–Trinajstić information content (AvgIpc) is 3.87. The summed E-state index contributed by atoms with van der Waals surface area (Å²) in [5.74, 6) is 1.81. The zero-order valence-electron chi connectivity index (χ0n) is 38.8. The molecule has 0 atom stereocenters. The number of hydrogen-bond donors (Lipinski definition) is 0. The van der Waals surface area contributed by atoms with Crippen molar-refractivity contribution in [2.24, 2.45) is 11.8 Å². The number of alkyl halides is 3. The summed E-state index contributed by atoms with van der Waals surface area (Å²) < 4.78 is 33.7. The van der Waals surface area contributed by atoms with E-state index in [-0.39, 0.29) is 6.04 Å². The molecule has 0 saturated heterocycles. The Morgan fingerprint density at radius 1 is 0.587 bits per heavy atom. The van der Waals surface area contributed by atoms with Crippen molar-refractivity contribution in [3.8, 4) is 22.3 Å². The van der Waals surface area contributed by atoms with E-state index in [9.17, 15) is 13.2 Å². The fourth-order valence-electron chi connectivity index (χ4n) is 9.35. The molecule has 0 N–H and O–H groups in total. The monoisotopic (exact) mass is 1020 g/mol. The summed E-state index contributed by atoms with van der Waals surface area (Å²) in [7, 11) is 7.82. The third-order valence-corrected chi connectivity index (χ3v) is 17.8. The van der Waals surface area contributed by atoms with Crippen LogP contribution in [0.1, 0.15) is 81.8 Å². The van der Waals surface area contributed by atoms with Gasteiger partial charge in [0.1, 0.15) is 0 Å². The maximum absolute atomic E-state index is 11.2. The Morgan fingerprint density at radius 3 is 1.25 bits per heavy atom. The van der Waals surface area contributed by atoms with Gasteiger partial charge in [-0.1, -0.05) is 198 Å². The number of benzene rings is 4. The van der Waals surface area contributed by atoms with E-state index in [2.05, 4.69) is 148 Å². The molecule has 9 heteroatoms. The summed E-state index contributed by atoms with van der Waals surface area (Å²) in [5, 5.41) is 8.74. The van der Waals surface area contributed by atoms with Gasteiger partial charge in [0.15, 0.2) is 0 Å². The molecule has 336 valence electrons. The molecule has 2 radical (unpaired) electrons. The summed E-state index contributed by atoms with van der Waals surface area (Å²) >= 11 is -0.826.